The third kappa shape index (κ3) is 2.43. The van der Waals surface area contributed by atoms with Crippen molar-refractivity contribution in [2.24, 2.45) is 0 Å². The highest BCUT2D eigenvalue weighted by Gasteiger charge is 2.20. The molecule has 2 aliphatic rings. The first-order valence-electron chi connectivity index (χ1n) is 7.42. The molecule has 1 aromatic heterocycles. The van der Waals surface area contributed by atoms with Gasteiger partial charge >= 0.3 is 0 Å². The normalized spacial score (nSPS) is 17.6. The minimum Gasteiger partial charge on any atom is -0.493 e. The zero-order valence-corrected chi connectivity index (χ0v) is 11.5. The fourth-order valence-electron chi connectivity index (χ4n) is 2.66. The highest BCUT2D eigenvalue weighted by atomic mass is 16.5. The maximum absolute atomic E-state index is 5.66. The molecule has 2 aromatic rings. The van der Waals surface area contributed by atoms with Crippen LogP contribution < -0.4 is 10.1 Å². The van der Waals surface area contributed by atoms with E-state index in [4.69, 9.17) is 4.74 Å². The van der Waals surface area contributed by atoms with Gasteiger partial charge in [0.15, 0.2) is 0 Å². The molecule has 1 saturated carbocycles. The molecule has 4 heteroatoms. The average molecular weight is 269 g/mol. The van der Waals surface area contributed by atoms with E-state index in [2.05, 4.69) is 33.5 Å². The Morgan fingerprint density at radius 1 is 1.35 bits per heavy atom. The lowest BCUT2D eigenvalue weighted by Crippen LogP contribution is -2.16. The summed E-state index contributed by atoms with van der Waals surface area (Å²) in [6.07, 6.45) is 6.75. The second-order valence-corrected chi connectivity index (χ2v) is 5.67. The van der Waals surface area contributed by atoms with E-state index in [0.717, 1.165) is 43.3 Å². The predicted octanol–water partition coefficient (Wildman–Crippen LogP) is 2.65. The zero-order chi connectivity index (χ0) is 13.4. The first-order valence-corrected chi connectivity index (χ1v) is 7.42. The number of ether oxygens (including phenoxy) is 1. The van der Waals surface area contributed by atoms with E-state index in [9.17, 15) is 0 Å². The van der Waals surface area contributed by atoms with Crippen LogP contribution in [0.1, 0.15) is 30.7 Å². The summed E-state index contributed by atoms with van der Waals surface area (Å²) in [5.41, 5.74) is 3.59. The summed E-state index contributed by atoms with van der Waals surface area (Å²) in [6, 6.07) is 7.12. The topological polar surface area (TPSA) is 49.9 Å². The lowest BCUT2D eigenvalue weighted by molar-refractivity contribution is 0.288. The van der Waals surface area contributed by atoms with E-state index in [1.165, 1.54) is 24.0 Å². The second kappa shape index (κ2) is 4.94. The van der Waals surface area contributed by atoms with Crippen molar-refractivity contribution in [1.29, 1.82) is 0 Å². The number of nitrogens with zero attached hydrogens (tertiary/aromatic N) is 1. The van der Waals surface area contributed by atoms with Crippen LogP contribution in [-0.4, -0.2) is 22.6 Å². The van der Waals surface area contributed by atoms with Gasteiger partial charge < -0.3 is 15.0 Å². The maximum Gasteiger partial charge on any atom is 0.122 e. The van der Waals surface area contributed by atoms with Crippen LogP contribution in [0.2, 0.25) is 0 Å². The quantitative estimate of drug-likeness (QED) is 0.897. The minimum absolute atomic E-state index is 0.712. The van der Waals surface area contributed by atoms with E-state index in [-0.39, 0.29) is 0 Å². The summed E-state index contributed by atoms with van der Waals surface area (Å²) in [5.74, 6) is 2.05. The molecular formula is C16H19N3O. The van der Waals surface area contributed by atoms with Crippen LogP contribution in [0.15, 0.2) is 24.4 Å². The van der Waals surface area contributed by atoms with Crippen LogP contribution in [0.5, 0.6) is 5.75 Å². The molecule has 20 heavy (non-hydrogen) atoms. The molecule has 4 rings (SSSR count). The standard InChI is InChI=1S/C16H19N3O/c1-2-12-8-11(3-6-15(12)20-7-1)14-9-18-16(19-14)10-17-13-4-5-13/h3,6,8-9,13,17H,1-2,4-5,7,10H2,(H,18,19). The molecule has 0 spiro atoms. The summed E-state index contributed by atoms with van der Waals surface area (Å²) >= 11 is 0. The maximum atomic E-state index is 5.66. The molecule has 1 aliphatic heterocycles. The molecule has 2 N–H and O–H groups in total. The Bertz CT molecular complexity index is 616. The number of aromatic amines is 1. The van der Waals surface area contributed by atoms with Crippen molar-refractivity contribution in [2.75, 3.05) is 6.61 Å². The molecular weight excluding hydrogens is 250 g/mol. The van der Waals surface area contributed by atoms with Crippen LogP contribution >= 0.6 is 0 Å². The van der Waals surface area contributed by atoms with Gasteiger partial charge in [-0.25, -0.2) is 4.98 Å². The smallest absolute Gasteiger partial charge is 0.122 e. The van der Waals surface area contributed by atoms with Gasteiger partial charge in [0.1, 0.15) is 11.6 Å². The Morgan fingerprint density at radius 2 is 2.30 bits per heavy atom. The lowest BCUT2D eigenvalue weighted by atomic mass is 10.0. The molecule has 4 nitrogen and oxygen atoms in total. The average Bonchev–Trinajstić information content (AvgIpc) is 3.21. The predicted molar refractivity (Wildman–Crippen MR) is 77.7 cm³/mol. The Hall–Kier alpha value is -1.81. The van der Waals surface area contributed by atoms with Gasteiger partial charge in [0.05, 0.1) is 25.0 Å². The molecule has 0 atom stereocenters. The fourth-order valence-corrected chi connectivity index (χ4v) is 2.66. The van der Waals surface area contributed by atoms with Crippen molar-refractivity contribution in [2.45, 2.75) is 38.3 Å². The van der Waals surface area contributed by atoms with E-state index >= 15 is 0 Å². The number of aryl methyl sites for hydroxylation is 1. The molecule has 0 amide bonds. The Morgan fingerprint density at radius 3 is 3.20 bits per heavy atom. The molecule has 0 radical (unpaired) electrons. The number of hydrogen-bond donors (Lipinski definition) is 2. The molecule has 104 valence electrons. The number of imidazole rings is 1. The van der Waals surface area contributed by atoms with Gasteiger partial charge in [-0.3, -0.25) is 0 Å². The van der Waals surface area contributed by atoms with Gasteiger partial charge in [0.25, 0.3) is 0 Å². The van der Waals surface area contributed by atoms with Crippen LogP contribution in [0.3, 0.4) is 0 Å². The number of hydrogen-bond acceptors (Lipinski definition) is 3. The van der Waals surface area contributed by atoms with Crippen LogP contribution in [0, 0.1) is 0 Å². The van der Waals surface area contributed by atoms with Crippen LogP contribution in [0.25, 0.3) is 11.3 Å². The molecule has 0 saturated heterocycles. The SMILES string of the molecule is c1cc2c(cc1-c1cnc(CNC3CC3)[nH]1)CCCO2. The molecule has 0 bridgehead atoms. The summed E-state index contributed by atoms with van der Waals surface area (Å²) in [4.78, 5) is 7.86. The summed E-state index contributed by atoms with van der Waals surface area (Å²) in [7, 11) is 0. The first-order chi connectivity index (χ1) is 9.88. The second-order valence-electron chi connectivity index (χ2n) is 5.67. The zero-order valence-electron chi connectivity index (χ0n) is 11.5. The molecule has 1 fully saturated rings. The third-order valence-electron chi connectivity index (χ3n) is 3.98. The molecule has 2 heterocycles. The number of nitrogens with one attached hydrogen (secondary N) is 2. The van der Waals surface area contributed by atoms with Crippen LogP contribution in [-0.2, 0) is 13.0 Å². The van der Waals surface area contributed by atoms with E-state index in [1.54, 1.807) is 0 Å². The van der Waals surface area contributed by atoms with Crippen molar-refractivity contribution in [3.8, 4) is 17.0 Å². The number of aromatic nitrogens is 2. The highest BCUT2D eigenvalue weighted by Crippen LogP contribution is 2.29. The van der Waals surface area contributed by atoms with Gasteiger partial charge in [0, 0.05) is 11.6 Å². The highest BCUT2D eigenvalue weighted by molar-refractivity contribution is 5.62. The van der Waals surface area contributed by atoms with E-state index < -0.39 is 0 Å². The monoisotopic (exact) mass is 269 g/mol. The number of H-pyrrole nitrogens is 1. The summed E-state index contributed by atoms with van der Waals surface area (Å²) < 4.78 is 5.66. The van der Waals surface area contributed by atoms with Crippen molar-refractivity contribution in [3.05, 3.63) is 35.8 Å². The number of fused-ring (bicyclic) bond motifs is 1. The van der Waals surface area contributed by atoms with Gasteiger partial charge in [-0.15, -0.1) is 0 Å². The van der Waals surface area contributed by atoms with Crippen LogP contribution in [0.4, 0.5) is 0 Å². The number of rotatable bonds is 4. The van der Waals surface area contributed by atoms with Gasteiger partial charge in [-0.2, -0.15) is 0 Å². The lowest BCUT2D eigenvalue weighted by Gasteiger charge is -2.17. The Labute approximate surface area is 118 Å². The Balaban J connectivity index is 1.53. The summed E-state index contributed by atoms with van der Waals surface area (Å²) in [6.45, 7) is 1.67. The van der Waals surface area contributed by atoms with Crippen molar-refractivity contribution < 1.29 is 4.74 Å². The van der Waals surface area contributed by atoms with Gasteiger partial charge in [0.2, 0.25) is 0 Å². The molecule has 1 aliphatic carbocycles. The Kier molecular flexibility index (Phi) is 2.96. The molecule has 1 aromatic carbocycles. The summed E-state index contributed by atoms with van der Waals surface area (Å²) in [5, 5.41) is 3.47. The first kappa shape index (κ1) is 12.0. The van der Waals surface area contributed by atoms with E-state index in [0.29, 0.717) is 6.04 Å². The van der Waals surface area contributed by atoms with E-state index in [1.807, 2.05) is 6.20 Å². The third-order valence-corrected chi connectivity index (χ3v) is 3.98. The van der Waals surface area contributed by atoms with Crippen molar-refractivity contribution in [1.82, 2.24) is 15.3 Å². The minimum atomic E-state index is 0.712. The largest absolute Gasteiger partial charge is 0.493 e. The number of benzene rings is 1. The van der Waals surface area contributed by atoms with Crippen molar-refractivity contribution >= 4 is 0 Å². The van der Waals surface area contributed by atoms with Gasteiger partial charge in [-0.05, 0) is 49.4 Å². The fraction of sp³-hybridized carbons (Fsp3) is 0.438. The van der Waals surface area contributed by atoms with Crippen molar-refractivity contribution in [3.63, 3.8) is 0 Å². The van der Waals surface area contributed by atoms with Gasteiger partial charge in [-0.1, -0.05) is 0 Å². The molecule has 0 unspecified atom stereocenters.